The molecule has 2 heterocycles. The second-order valence-corrected chi connectivity index (χ2v) is 9.90. The summed E-state index contributed by atoms with van der Waals surface area (Å²) in [4.78, 5) is 12.6. The van der Waals surface area contributed by atoms with Crippen molar-refractivity contribution in [1.29, 1.82) is 0 Å². The number of furan rings is 1. The van der Waals surface area contributed by atoms with Gasteiger partial charge < -0.3 is 14.5 Å². The molecule has 1 amide bonds. The van der Waals surface area contributed by atoms with Crippen LogP contribution in [0.4, 0.5) is 23.2 Å². The van der Waals surface area contributed by atoms with E-state index in [0.717, 1.165) is 10.2 Å². The number of benzene rings is 3. The van der Waals surface area contributed by atoms with Crippen LogP contribution in [0.25, 0.3) is 0 Å². The normalized spacial score (nSPS) is 11.5. The molecule has 0 spiro atoms. The average molecular weight is 564 g/mol. The van der Waals surface area contributed by atoms with Crippen molar-refractivity contribution in [2.24, 2.45) is 0 Å². The largest absolute Gasteiger partial charge is 0.486 e. The number of nitrogens with zero attached hydrogens (tertiary/aromatic N) is 2. The number of carbonyl (C=O) groups is 1. The lowest BCUT2D eigenvalue weighted by Gasteiger charge is -2.26. The zero-order valence-electron chi connectivity index (χ0n) is 22.1. The minimum atomic E-state index is -1.77. The fourth-order valence-corrected chi connectivity index (χ4v) is 4.34. The Bertz CT molecular complexity index is 1680. The molecule has 5 aromatic rings. The summed E-state index contributed by atoms with van der Waals surface area (Å²) in [5.41, 5.74) is 1.66. The summed E-state index contributed by atoms with van der Waals surface area (Å²) in [5.74, 6) is -5.81. The first-order chi connectivity index (χ1) is 19.6. The maximum absolute atomic E-state index is 14.0. The molecule has 0 unspecified atom stereocenters. The first-order valence-corrected chi connectivity index (χ1v) is 12.6. The molecule has 5 rings (SSSR count). The smallest absolute Gasteiger partial charge is 0.291 e. The molecule has 10 heteroatoms. The fourth-order valence-electron chi connectivity index (χ4n) is 4.34. The molecule has 0 aliphatic carbocycles. The third kappa shape index (κ3) is 6.01. The van der Waals surface area contributed by atoms with E-state index in [1.54, 1.807) is 6.07 Å². The van der Waals surface area contributed by atoms with Gasteiger partial charge in [-0.25, -0.2) is 17.6 Å². The number of amides is 1. The topological polar surface area (TPSA) is 69.3 Å². The van der Waals surface area contributed by atoms with Crippen molar-refractivity contribution < 1.29 is 31.5 Å². The number of nitrogens with one attached hydrogen (secondary N) is 1. The molecule has 2 aromatic heterocycles. The maximum Gasteiger partial charge on any atom is 0.291 e. The van der Waals surface area contributed by atoms with Crippen molar-refractivity contribution in [2.45, 2.75) is 32.4 Å². The van der Waals surface area contributed by atoms with Gasteiger partial charge in [0, 0.05) is 23.2 Å². The zero-order valence-corrected chi connectivity index (χ0v) is 22.1. The van der Waals surface area contributed by atoms with Gasteiger partial charge in [0.15, 0.2) is 23.2 Å². The number of rotatable bonds is 9. The lowest BCUT2D eigenvalue weighted by atomic mass is 9.78. The number of hydrogen-bond donors (Lipinski definition) is 1. The van der Waals surface area contributed by atoms with Crippen molar-refractivity contribution in [3.8, 4) is 5.75 Å². The van der Waals surface area contributed by atoms with Gasteiger partial charge in [0.2, 0.25) is 0 Å². The number of carbonyl (C=O) groups excluding carboxylic acids is 1. The van der Waals surface area contributed by atoms with Crippen LogP contribution in [-0.4, -0.2) is 15.7 Å². The molecule has 0 saturated carbocycles. The van der Waals surface area contributed by atoms with E-state index in [9.17, 15) is 22.4 Å². The quantitative estimate of drug-likeness (QED) is 0.117. The predicted octanol–water partition coefficient (Wildman–Crippen LogP) is 7.24. The Labute approximate surface area is 233 Å². The van der Waals surface area contributed by atoms with Crippen molar-refractivity contribution in [1.82, 2.24) is 9.78 Å². The van der Waals surface area contributed by atoms with Crippen molar-refractivity contribution in [3.63, 3.8) is 0 Å². The summed E-state index contributed by atoms with van der Waals surface area (Å²) in [5, 5.41) is 6.46. The van der Waals surface area contributed by atoms with Gasteiger partial charge in [0.25, 0.3) is 5.91 Å². The summed E-state index contributed by atoms with van der Waals surface area (Å²) in [6.07, 6.45) is 2.52. The lowest BCUT2D eigenvalue weighted by Crippen LogP contribution is -2.18. The fraction of sp³-hybridized carbons (Fsp3) is 0.161. The van der Waals surface area contributed by atoms with E-state index in [0.29, 0.717) is 11.5 Å². The second-order valence-electron chi connectivity index (χ2n) is 9.90. The van der Waals surface area contributed by atoms with E-state index < -0.39 is 41.3 Å². The second kappa shape index (κ2) is 11.3. The van der Waals surface area contributed by atoms with E-state index in [1.807, 2.05) is 42.5 Å². The number of aromatic nitrogens is 2. The van der Waals surface area contributed by atoms with E-state index in [1.165, 1.54) is 24.0 Å². The van der Waals surface area contributed by atoms with Crippen LogP contribution in [0.5, 0.6) is 5.75 Å². The Hall–Kier alpha value is -4.86. The summed E-state index contributed by atoms with van der Waals surface area (Å²) >= 11 is 0. The van der Waals surface area contributed by atoms with E-state index in [-0.39, 0.29) is 29.5 Å². The standard InChI is InChI=1S/C31H25F4N3O3/c1-31(2,19-6-4-3-5-7-19)20-8-10-22(11-9-20)40-18-23-12-13-27(41-23)30(39)37-21-15-36-38(16-21)17-24-25(32)14-26(33)29(35)28(24)34/h3-16H,17-18H2,1-2H3,(H,37,39). The molecule has 1 N–H and O–H groups in total. The molecule has 0 bridgehead atoms. The Morgan fingerprint density at radius 1 is 0.927 bits per heavy atom. The molecule has 210 valence electrons. The van der Waals surface area contributed by atoms with Crippen LogP contribution >= 0.6 is 0 Å². The Morgan fingerprint density at radius 3 is 2.37 bits per heavy atom. The first kappa shape index (κ1) is 27.7. The summed E-state index contributed by atoms with van der Waals surface area (Å²) in [6.45, 7) is 3.89. The highest BCUT2D eigenvalue weighted by atomic mass is 19.2. The highest BCUT2D eigenvalue weighted by Gasteiger charge is 2.23. The maximum atomic E-state index is 14.0. The molecule has 0 aliphatic rings. The van der Waals surface area contributed by atoms with Crippen LogP contribution in [0.15, 0.2) is 89.6 Å². The molecule has 0 radical (unpaired) electrons. The van der Waals surface area contributed by atoms with Crippen molar-refractivity contribution in [3.05, 3.63) is 137 Å². The van der Waals surface area contributed by atoms with Crippen molar-refractivity contribution >= 4 is 11.6 Å². The lowest BCUT2D eigenvalue weighted by molar-refractivity contribution is 0.0992. The van der Waals surface area contributed by atoms with Crippen LogP contribution < -0.4 is 10.1 Å². The highest BCUT2D eigenvalue weighted by molar-refractivity contribution is 6.02. The Kier molecular flexibility index (Phi) is 7.65. The molecule has 0 atom stereocenters. The number of anilines is 1. The molecular formula is C31H25F4N3O3. The average Bonchev–Trinajstić information content (AvgIpc) is 3.63. The van der Waals surface area contributed by atoms with E-state index >= 15 is 0 Å². The van der Waals surface area contributed by atoms with Gasteiger partial charge in [-0.1, -0.05) is 56.3 Å². The predicted molar refractivity (Wildman–Crippen MR) is 144 cm³/mol. The van der Waals surface area contributed by atoms with Crippen LogP contribution in [0.3, 0.4) is 0 Å². The Balaban J connectivity index is 1.17. The van der Waals surface area contributed by atoms with Gasteiger partial charge in [-0.15, -0.1) is 0 Å². The minimum Gasteiger partial charge on any atom is -0.486 e. The molecule has 0 aliphatic heterocycles. The third-order valence-corrected chi connectivity index (χ3v) is 6.76. The molecule has 41 heavy (non-hydrogen) atoms. The molecular weight excluding hydrogens is 538 g/mol. The minimum absolute atomic E-state index is 0.00834. The summed E-state index contributed by atoms with van der Waals surface area (Å²) in [6, 6.07) is 21.4. The van der Waals surface area contributed by atoms with Gasteiger partial charge in [-0.05, 0) is 35.4 Å². The van der Waals surface area contributed by atoms with Gasteiger partial charge in [0.05, 0.1) is 18.4 Å². The van der Waals surface area contributed by atoms with Gasteiger partial charge in [0.1, 0.15) is 23.9 Å². The van der Waals surface area contributed by atoms with E-state index in [4.69, 9.17) is 9.15 Å². The molecule has 0 saturated heterocycles. The third-order valence-electron chi connectivity index (χ3n) is 6.76. The molecule has 0 fully saturated rings. The van der Waals surface area contributed by atoms with Crippen LogP contribution in [0, 0.1) is 23.3 Å². The molecule has 6 nitrogen and oxygen atoms in total. The number of halogens is 4. The summed E-state index contributed by atoms with van der Waals surface area (Å²) in [7, 11) is 0. The zero-order chi connectivity index (χ0) is 29.1. The van der Waals surface area contributed by atoms with Gasteiger partial charge in [-0.2, -0.15) is 5.10 Å². The van der Waals surface area contributed by atoms with Gasteiger partial charge in [-0.3, -0.25) is 9.48 Å². The highest BCUT2D eigenvalue weighted by Crippen LogP contribution is 2.32. The molecule has 3 aromatic carbocycles. The summed E-state index contributed by atoms with van der Waals surface area (Å²) < 4.78 is 67.0. The first-order valence-electron chi connectivity index (χ1n) is 12.6. The number of ether oxygens (including phenoxy) is 1. The van der Waals surface area contributed by atoms with Crippen molar-refractivity contribution in [2.75, 3.05) is 5.32 Å². The number of hydrogen-bond acceptors (Lipinski definition) is 4. The SMILES string of the molecule is CC(C)(c1ccccc1)c1ccc(OCc2ccc(C(=O)Nc3cnn(Cc4c(F)cc(F)c(F)c4F)c3)o2)cc1. The van der Waals surface area contributed by atoms with Crippen LogP contribution in [0.2, 0.25) is 0 Å². The van der Waals surface area contributed by atoms with Crippen LogP contribution in [-0.2, 0) is 18.6 Å². The van der Waals surface area contributed by atoms with Gasteiger partial charge >= 0.3 is 0 Å². The monoisotopic (exact) mass is 563 g/mol. The van der Waals surface area contributed by atoms with E-state index in [2.05, 4.69) is 36.4 Å². The Morgan fingerprint density at radius 2 is 1.63 bits per heavy atom. The van der Waals surface area contributed by atoms with Crippen LogP contribution in [0.1, 0.15) is 46.9 Å².